The monoisotopic (exact) mass is 232 g/mol. The summed E-state index contributed by atoms with van der Waals surface area (Å²) in [5, 5.41) is 0. The number of halogens is 1. The molecular formula is C10H13ClO4. The summed E-state index contributed by atoms with van der Waals surface area (Å²) in [4.78, 5) is 21.6. The first-order chi connectivity index (χ1) is 6.97. The number of carbonyl (C=O) groups is 2. The summed E-state index contributed by atoms with van der Waals surface area (Å²) in [7, 11) is 0. The molecule has 0 bridgehead atoms. The Balaban J connectivity index is 3.68. The third-order valence-electron chi connectivity index (χ3n) is 1.34. The van der Waals surface area contributed by atoms with Crippen LogP contribution in [0, 0.1) is 0 Å². The van der Waals surface area contributed by atoms with Crippen molar-refractivity contribution in [2.24, 2.45) is 0 Å². The Morgan fingerprint density at radius 2 is 2.13 bits per heavy atom. The molecule has 0 radical (unpaired) electrons. The molecule has 0 heterocycles. The predicted octanol–water partition coefficient (Wildman–Crippen LogP) is 1.79. The van der Waals surface area contributed by atoms with Crippen LogP contribution in [0.1, 0.15) is 13.3 Å². The molecule has 0 aromatic heterocycles. The highest BCUT2D eigenvalue weighted by atomic mass is 35.5. The zero-order valence-corrected chi connectivity index (χ0v) is 9.25. The van der Waals surface area contributed by atoms with E-state index in [-0.39, 0.29) is 13.0 Å². The van der Waals surface area contributed by atoms with E-state index in [1.807, 2.05) is 0 Å². The molecule has 1 atom stereocenters. The first-order valence-electron chi connectivity index (χ1n) is 4.27. The van der Waals surface area contributed by atoms with E-state index in [1.165, 1.54) is 6.92 Å². The van der Waals surface area contributed by atoms with Gasteiger partial charge in [-0.2, -0.15) is 0 Å². The molecule has 0 amide bonds. The van der Waals surface area contributed by atoms with Crippen LogP contribution in [-0.2, 0) is 19.1 Å². The van der Waals surface area contributed by atoms with Gasteiger partial charge in [-0.3, -0.25) is 0 Å². The molecule has 0 saturated heterocycles. The molecule has 0 aromatic carbocycles. The number of rotatable bonds is 6. The number of esters is 2. The summed E-state index contributed by atoms with van der Waals surface area (Å²) in [6, 6.07) is 0. The van der Waals surface area contributed by atoms with Crippen LogP contribution >= 0.6 is 11.6 Å². The second kappa shape index (κ2) is 7.06. The van der Waals surface area contributed by atoms with Crippen molar-refractivity contribution in [1.29, 1.82) is 0 Å². The highest BCUT2D eigenvalue weighted by Gasteiger charge is 2.10. The van der Waals surface area contributed by atoms with Crippen LogP contribution in [0.4, 0.5) is 0 Å². The number of ether oxygens (including phenoxy) is 2. The lowest BCUT2D eigenvalue weighted by atomic mass is 10.4. The normalized spacial score (nSPS) is 11.3. The Kier molecular flexibility index (Phi) is 6.45. The van der Waals surface area contributed by atoms with E-state index in [4.69, 9.17) is 16.3 Å². The van der Waals surface area contributed by atoms with E-state index in [2.05, 4.69) is 17.9 Å². The first-order valence-corrected chi connectivity index (χ1v) is 4.70. The highest BCUT2D eigenvalue weighted by Crippen LogP contribution is 2.05. The van der Waals surface area contributed by atoms with Gasteiger partial charge in [0.1, 0.15) is 0 Å². The van der Waals surface area contributed by atoms with Gasteiger partial charge in [0.2, 0.25) is 0 Å². The van der Waals surface area contributed by atoms with E-state index in [1.54, 1.807) is 0 Å². The molecular weight excluding hydrogens is 220 g/mol. The molecule has 0 aliphatic heterocycles. The number of alkyl halides is 1. The van der Waals surface area contributed by atoms with Crippen LogP contribution in [0.5, 0.6) is 0 Å². The van der Waals surface area contributed by atoms with Crippen LogP contribution in [0.3, 0.4) is 0 Å². The van der Waals surface area contributed by atoms with E-state index < -0.39 is 17.5 Å². The van der Waals surface area contributed by atoms with Crippen molar-refractivity contribution in [3.63, 3.8) is 0 Å². The standard InChI is InChI=1S/C10H13ClO4/c1-4-9(12)15-8(11)5-6-14-10(13)7(2)3/h4,8H,1-2,5-6H2,3H3. The average Bonchev–Trinajstić information content (AvgIpc) is 2.17. The Morgan fingerprint density at radius 1 is 1.53 bits per heavy atom. The van der Waals surface area contributed by atoms with Crippen LogP contribution in [0.25, 0.3) is 0 Å². The fraction of sp³-hybridized carbons (Fsp3) is 0.400. The summed E-state index contributed by atoms with van der Waals surface area (Å²) >= 11 is 5.61. The maximum atomic E-state index is 10.9. The van der Waals surface area contributed by atoms with Crippen LogP contribution < -0.4 is 0 Å². The van der Waals surface area contributed by atoms with Gasteiger partial charge in [-0.05, 0) is 6.92 Å². The molecule has 0 aliphatic rings. The summed E-state index contributed by atoms with van der Waals surface area (Å²) in [6.45, 7) is 8.24. The second-order valence-electron chi connectivity index (χ2n) is 2.76. The third-order valence-corrected chi connectivity index (χ3v) is 1.64. The van der Waals surface area contributed by atoms with Crippen molar-refractivity contribution < 1.29 is 19.1 Å². The summed E-state index contributed by atoms with van der Waals surface area (Å²) in [5.74, 6) is -1.10. The maximum Gasteiger partial charge on any atom is 0.333 e. The molecule has 0 aliphatic carbocycles. The van der Waals surface area contributed by atoms with Gasteiger partial charge >= 0.3 is 11.9 Å². The summed E-state index contributed by atoms with van der Waals surface area (Å²) in [5.41, 5.74) is -0.516. The largest absolute Gasteiger partial charge is 0.462 e. The Morgan fingerprint density at radius 3 is 2.60 bits per heavy atom. The molecule has 4 nitrogen and oxygen atoms in total. The molecule has 0 spiro atoms. The Bertz CT molecular complexity index is 273. The molecule has 0 rings (SSSR count). The molecule has 1 unspecified atom stereocenters. The van der Waals surface area contributed by atoms with Gasteiger partial charge in [0.25, 0.3) is 0 Å². The first kappa shape index (κ1) is 13.7. The average molecular weight is 233 g/mol. The van der Waals surface area contributed by atoms with Gasteiger partial charge in [-0.1, -0.05) is 24.8 Å². The van der Waals surface area contributed by atoms with Gasteiger partial charge in [-0.25, -0.2) is 9.59 Å². The van der Waals surface area contributed by atoms with Gasteiger partial charge in [0.15, 0.2) is 5.56 Å². The number of hydrogen-bond donors (Lipinski definition) is 0. The minimum absolute atomic E-state index is 0.0737. The van der Waals surface area contributed by atoms with Crippen LogP contribution in [-0.4, -0.2) is 24.1 Å². The van der Waals surface area contributed by atoms with E-state index >= 15 is 0 Å². The van der Waals surface area contributed by atoms with Gasteiger partial charge < -0.3 is 9.47 Å². The quantitative estimate of drug-likeness (QED) is 0.398. The SMILES string of the molecule is C=CC(=O)OC(Cl)CCOC(=O)C(=C)C. The van der Waals surface area contributed by atoms with Gasteiger partial charge in [0, 0.05) is 18.1 Å². The maximum absolute atomic E-state index is 10.9. The van der Waals surface area contributed by atoms with E-state index in [0.29, 0.717) is 5.57 Å². The lowest BCUT2D eigenvalue weighted by Crippen LogP contribution is -2.15. The minimum atomic E-state index is -0.826. The number of hydrogen-bond acceptors (Lipinski definition) is 4. The van der Waals surface area contributed by atoms with E-state index in [9.17, 15) is 9.59 Å². The Hall–Kier alpha value is -1.29. The van der Waals surface area contributed by atoms with Crippen molar-refractivity contribution in [3.8, 4) is 0 Å². The van der Waals surface area contributed by atoms with Gasteiger partial charge in [0.05, 0.1) is 6.61 Å². The molecule has 0 fully saturated rings. The van der Waals surface area contributed by atoms with Gasteiger partial charge in [-0.15, -0.1) is 0 Å². The van der Waals surface area contributed by atoms with Crippen LogP contribution in [0.15, 0.2) is 24.8 Å². The lowest BCUT2D eigenvalue weighted by Gasteiger charge is -2.09. The molecule has 5 heteroatoms. The second-order valence-corrected chi connectivity index (χ2v) is 3.24. The van der Waals surface area contributed by atoms with E-state index in [0.717, 1.165) is 6.08 Å². The third kappa shape index (κ3) is 6.74. The topological polar surface area (TPSA) is 52.6 Å². The van der Waals surface area contributed by atoms with Crippen molar-refractivity contribution in [1.82, 2.24) is 0 Å². The lowest BCUT2D eigenvalue weighted by molar-refractivity contribution is -0.142. The smallest absolute Gasteiger partial charge is 0.333 e. The van der Waals surface area contributed by atoms with Crippen LogP contribution in [0.2, 0.25) is 0 Å². The fourth-order valence-electron chi connectivity index (χ4n) is 0.601. The highest BCUT2D eigenvalue weighted by molar-refractivity contribution is 6.20. The summed E-state index contributed by atoms with van der Waals surface area (Å²) < 4.78 is 9.39. The molecule has 0 N–H and O–H groups in total. The predicted molar refractivity (Wildman–Crippen MR) is 56.3 cm³/mol. The fourth-order valence-corrected chi connectivity index (χ4v) is 0.777. The van der Waals surface area contributed by atoms with Crippen molar-refractivity contribution in [2.45, 2.75) is 18.9 Å². The minimum Gasteiger partial charge on any atom is -0.462 e. The molecule has 0 saturated carbocycles. The zero-order chi connectivity index (χ0) is 11.8. The summed E-state index contributed by atoms with van der Waals surface area (Å²) in [6.07, 6.45) is 1.23. The van der Waals surface area contributed by atoms with Crippen molar-refractivity contribution >= 4 is 23.5 Å². The molecule has 15 heavy (non-hydrogen) atoms. The number of carbonyl (C=O) groups excluding carboxylic acids is 2. The zero-order valence-electron chi connectivity index (χ0n) is 8.49. The van der Waals surface area contributed by atoms with Crippen molar-refractivity contribution in [3.05, 3.63) is 24.8 Å². The Labute approximate surface area is 93.5 Å². The molecule has 84 valence electrons. The van der Waals surface area contributed by atoms with Crippen molar-refractivity contribution in [2.75, 3.05) is 6.61 Å². The molecule has 0 aromatic rings.